The van der Waals surface area contributed by atoms with Crippen molar-refractivity contribution in [1.82, 2.24) is 18.9 Å². The van der Waals surface area contributed by atoms with Crippen LogP contribution in [0.4, 0.5) is 5.69 Å². The van der Waals surface area contributed by atoms with Crippen molar-refractivity contribution < 1.29 is 9.53 Å². The molecule has 0 unspecified atom stereocenters. The van der Waals surface area contributed by atoms with E-state index in [1.165, 1.54) is 5.56 Å². The number of hydrogen-bond acceptors (Lipinski definition) is 4. The Morgan fingerprint density at radius 3 is 2.72 bits per heavy atom. The summed E-state index contributed by atoms with van der Waals surface area (Å²) in [5.74, 6) is 0.988. The molecule has 0 saturated heterocycles. The third-order valence-electron chi connectivity index (χ3n) is 5.16. The SMILES string of the molecule is COc1cccc(NC(=O)c2nc(-c3cn(Cc4ccccc4)cn3)n3ccccc23)c1. The van der Waals surface area contributed by atoms with Gasteiger partial charge in [0.25, 0.3) is 5.91 Å². The van der Waals surface area contributed by atoms with Crippen molar-refractivity contribution in [1.29, 1.82) is 0 Å². The molecule has 3 aromatic heterocycles. The highest BCUT2D eigenvalue weighted by Gasteiger charge is 2.20. The Hall–Kier alpha value is -4.39. The first-order chi connectivity index (χ1) is 15.7. The summed E-state index contributed by atoms with van der Waals surface area (Å²) in [7, 11) is 1.59. The van der Waals surface area contributed by atoms with Gasteiger partial charge in [-0.25, -0.2) is 9.97 Å². The predicted octanol–water partition coefficient (Wildman–Crippen LogP) is 4.51. The zero-order valence-electron chi connectivity index (χ0n) is 17.5. The molecule has 5 aromatic rings. The predicted molar refractivity (Wildman–Crippen MR) is 123 cm³/mol. The van der Waals surface area contributed by atoms with E-state index >= 15 is 0 Å². The Balaban J connectivity index is 1.47. The maximum absolute atomic E-state index is 13.1. The molecule has 32 heavy (non-hydrogen) atoms. The van der Waals surface area contributed by atoms with Crippen LogP contribution in [0, 0.1) is 0 Å². The van der Waals surface area contributed by atoms with Crippen LogP contribution in [0.5, 0.6) is 5.75 Å². The number of anilines is 1. The van der Waals surface area contributed by atoms with E-state index in [0.717, 1.165) is 0 Å². The summed E-state index contributed by atoms with van der Waals surface area (Å²) in [5.41, 5.74) is 3.56. The monoisotopic (exact) mass is 423 g/mol. The van der Waals surface area contributed by atoms with Gasteiger partial charge in [-0.15, -0.1) is 0 Å². The summed E-state index contributed by atoms with van der Waals surface area (Å²) in [5, 5.41) is 2.91. The van der Waals surface area contributed by atoms with Crippen LogP contribution in [-0.4, -0.2) is 32.0 Å². The molecule has 7 heteroatoms. The van der Waals surface area contributed by atoms with Gasteiger partial charge in [-0.1, -0.05) is 42.5 Å². The van der Waals surface area contributed by atoms with Crippen LogP contribution < -0.4 is 10.1 Å². The van der Waals surface area contributed by atoms with Gasteiger partial charge < -0.3 is 14.6 Å². The summed E-state index contributed by atoms with van der Waals surface area (Å²) in [6, 6.07) is 23.1. The lowest BCUT2D eigenvalue weighted by molar-refractivity contribution is 0.102. The molecule has 0 atom stereocenters. The zero-order valence-corrected chi connectivity index (χ0v) is 17.5. The number of methoxy groups -OCH3 is 1. The lowest BCUT2D eigenvalue weighted by atomic mass is 10.2. The Bertz CT molecular complexity index is 1390. The van der Waals surface area contributed by atoms with Crippen molar-refractivity contribution >= 4 is 17.1 Å². The smallest absolute Gasteiger partial charge is 0.276 e. The van der Waals surface area contributed by atoms with Crippen molar-refractivity contribution in [2.45, 2.75) is 6.54 Å². The molecular formula is C25H21N5O2. The molecule has 2 aromatic carbocycles. The van der Waals surface area contributed by atoms with E-state index in [0.29, 0.717) is 40.7 Å². The van der Waals surface area contributed by atoms with Gasteiger partial charge in [0.2, 0.25) is 0 Å². The van der Waals surface area contributed by atoms with Crippen LogP contribution in [0.25, 0.3) is 17.0 Å². The first kappa shape index (κ1) is 19.6. The molecule has 0 radical (unpaired) electrons. The van der Waals surface area contributed by atoms with Crippen molar-refractivity contribution in [2.75, 3.05) is 12.4 Å². The van der Waals surface area contributed by atoms with Crippen molar-refractivity contribution in [3.05, 3.63) is 103 Å². The van der Waals surface area contributed by atoms with Gasteiger partial charge >= 0.3 is 0 Å². The summed E-state index contributed by atoms with van der Waals surface area (Å²) in [4.78, 5) is 22.3. The fraction of sp³-hybridized carbons (Fsp3) is 0.0800. The van der Waals surface area contributed by atoms with E-state index in [2.05, 4.69) is 27.4 Å². The van der Waals surface area contributed by atoms with Crippen LogP contribution >= 0.6 is 0 Å². The Morgan fingerprint density at radius 1 is 1.03 bits per heavy atom. The number of nitrogens with one attached hydrogen (secondary N) is 1. The van der Waals surface area contributed by atoms with Gasteiger partial charge in [-0.3, -0.25) is 9.20 Å². The highest BCUT2D eigenvalue weighted by Crippen LogP contribution is 2.23. The minimum absolute atomic E-state index is 0.295. The molecular weight excluding hydrogens is 402 g/mol. The fourth-order valence-electron chi connectivity index (χ4n) is 3.63. The number of carbonyl (C=O) groups is 1. The Kier molecular flexibility index (Phi) is 5.13. The van der Waals surface area contributed by atoms with E-state index in [-0.39, 0.29) is 5.91 Å². The number of hydrogen-bond donors (Lipinski definition) is 1. The maximum Gasteiger partial charge on any atom is 0.276 e. The van der Waals surface area contributed by atoms with Crippen molar-refractivity contribution in [2.24, 2.45) is 0 Å². The van der Waals surface area contributed by atoms with Crippen LogP contribution in [0.15, 0.2) is 91.5 Å². The third kappa shape index (κ3) is 3.83. The average Bonchev–Trinajstić information content (AvgIpc) is 3.44. The van der Waals surface area contributed by atoms with Gasteiger partial charge in [0.05, 0.1) is 19.0 Å². The minimum atomic E-state index is -0.295. The Morgan fingerprint density at radius 2 is 1.88 bits per heavy atom. The molecule has 0 bridgehead atoms. The van der Waals surface area contributed by atoms with E-state index < -0.39 is 0 Å². The van der Waals surface area contributed by atoms with Crippen molar-refractivity contribution in [3.8, 4) is 17.3 Å². The summed E-state index contributed by atoms with van der Waals surface area (Å²) < 4.78 is 9.13. The van der Waals surface area contributed by atoms with E-state index in [9.17, 15) is 4.79 Å². The van der Waals surface area contributed by atoms with Gasteiger partial charge in [-0.05, 0) is 29.8 Å². The van der Waals surface area contributed by atoms with Gasteiger partial charge in [0.1, 0.15) is 11.4 Å². The summed E-state index contributed by atoms with van der Waals surface area (Å²) >= 11 is 0. The molecule has 0 aliphatic carbocycles. The summed E-state index contributed by atoms with van der Waals surface area (Å²) in [6.45, 7) is 0.709. The first-order valence-electron chi connectivity index (χ1n) is 10.2. The molecule has 0 aliphatic rings. The number of pyridine rings is 1. The molecule has 1 amide bonds. The number of fused-ring (bicyclic) bond motifs is 1. The fourth-order valence-corrected chi connectivity index (χ4v) is 3.63. The van der Waals surface area contributed by atoms with E-state index in [1.54, 1.807) is 19.5 Å². The quantitative estimate of drug-likeness (QED) is 0.436. The topological polar surface area (TPSA) is 73.4 Å². The number of aromatic nitrogens is 4. The average molecular weight is 423 g/mol. The number of rotatable bonds is 6. The largest absolute Gasteiger partial charge is 0.497 e. The van der Waals surface area contributed by atoms with E-state index in [1.807, 2.05) is 76.0 Å². The molecule has 7 nitrogen and oxygen atoms in total. The second-order valence-corrected chi connectivity index (χ2v) is 7.34. The van der Waals surface area contributed by atoms with Gasteiger partial charge in [-0.2, -0.15) is 0 Å². The molecule has 0 aliphatic heterocycles. The Labute approximate surface area is 184 Å². The molecule has 0 fully saturated rings. The normalized spacial score (nSPS) is 10.9. The van der Waals surface area contributed by atoms with Crippen LogP contribution in [0.3, 0.4) is 0 Å². The first-order valence-corrected chi connectivity index (χ1v) is 10.2. The number of benzene rings is 2. The van der Waals surface area contributed by atoms with Crippen LogP contribution in [0.1, 0.15) is 16.1 Å². The number of ether oxygens (including phenoxy) is 1. The van der Waals surface area contributed by atoms with Crippen molar-refractivity contribution in [3.63, 3.8) is 0 Å². The van der Waals surface area contributed by atoms with Crippen LogP contribution in [-0.2, 0) is 6.54 Å². The van der Waals surface area contributed by atoms with Gasteiger partial charge in [0, 0.05) is 30.7 Å². The molecule has 5 rings (SSSR count). The summed E-state index contributed by atoms with van der Waals surface area (Å²) in [6.07, 6.45) is 5.61. The standard InChI is InChI=1S/C25H21N5O2/c1-32-20-11-7-10-19(14-20)27-25(31)23-22-12-5-6-13-30(22)24(28-23)21-16-29(17-26-21)15-18-8-3-2-4-9-18/h2-14,16-17H,15H2,1H3,(H,27,31). The highest BCUT2D eigenvalue weighted by atomic mass is 16.5. The second-order valence-electron chi connectivity index (χ2n) is 7.34. The third-order valence-corrected chi connectivity index (χ3v) is 5.16. The zero-order chi connectivity index (χ0) is 21.9. The number of nitrogens with zero attached hydrogens (tertiary/aromatic N) is 4. The molecule has 1 N–H and O–H groups in total. The highest BCUT2D eigenvalue weighted by molar-refractivity contribution is 6.08. The minimum Gasteiger partial charge on any atom is -0.497 e. The second kappa shape index (κ2) is 8.39. The number of imidazole rings is 2. The van der Waals surface area contributed by atoms with Gasteiger partial charge in [0.15, 0.2) is 11.5 Å². The maximum atomic E-state index is 13.1. The number of amides is 1. The molecule has 0 spiro atoms. The molecule has 158 valence electrons. The molecule has 3 heterocycles. The van der Waals surface area contributed by atoms with E-state index in [4.69, 9.17) is 4.74 Å². The lowest BCUT2D eigenvalue weighted by Crippen LogP contribution is -2.12. The molecule has 0 saturated carbocycles. The lowest BCUT2D eigenvalue weighted by Gasteiger charge is -2.05. The van der Waals surface area contributed by atoms with Crippen LogP contribution in [0.2, 0.25) is 0 Å². The number of carbonyl (C=O) groups excluding carboxylic acids is 1.